The molecule has 0 aliphatic carbocycles. The monoisotopic (exact) mass is 528 g/mol. The Hall–Kier alpha value is -3.24. The number of aromatic nitrogens is 1. The van der Waals surface area contributed by atoms with Crippen molar-refractivity contribution in [3.05, 3.63) is 86.9 Å². The van der Waals surface area contributed by atoms with Gasteiger partial charge in [-0.05, 0) is 48.2 Å². The first-order valence-corrected chi connectivity index (χ1v) is 13.1. The molecule has 2 fully saturated rings. The molecule has 0 atom stereocenters. The molecule has 2 aliphatic rings. The van der Waals surface area contributed by atoms with Crippen LogP contribution in [0, 0.1) is 6.92 Å². The summed E-state index contributed by atoms with van der Waals surface area (Å²) in [5, 5.41) is 1.77. The molecule has 0 bridgehead atoms. The molecule has 3 heterocycles. The van der Waals surface area contributed by atoms with Crippen LogP contribution in [-0.4, -0.2) is 76.8 Å². The smallest absolute Gasteiger partial charge is 0.335 e. The third-order valence-corrected chi connectivity index (χ3v) is 7.86. The third kappa shape index (κ3) is 5.40. The van der Waals surface area contributed by atoms with E-state index < -0.39 is 11.7 Å². The van der Waals surface area contributed by atoms with Gasteiger partial charge in [-0.1, -0.05) is 24.3 Å². The van der Waals surface area contributed by atoms with Gasteiger partial charge in [-0.15, -0.1) is 11.3 Å². The van der Waals surface area contributed by atoms with Crippen LogP contribution in [0.1, 0.15) is 43.1 Å². The van der Waals surface area contributed by atoms with Crippen LogP contribution < -0.4 is 0 Å². The number of piperazine rings is 1. The first kappa shape index (κ1) is 25.4. The minimum Gasteiger partial charge on any atom is -0.335 e. The molecule has 3 aromatic rings. The second-order valence-electron chi connectivity index (χ2n) is 9.53. The summed E-state index contributed by atoms with van der Waals surface area (Å²) >= 11 is 1.41. The molecule has 2 saturated heterocycles. The van der Waals surface area contributed by atoms with Gasteiger partial charge in [0, 0.05) is 56.3 Å². The Balaban J connectivity index is 1.16. The highest BCUT2D eigenvalue weighted by Gasteiger charge is 2.37. The number of rotatable bonds is 5. The van der Waals surface area contributed by atoms with Crippen molar-refractivity contribution in [2.75, 3.05) is 39.3 Å². The van der Waals surface area contributed by atoms with Crippen LogP contribution in [-0.2, 0) is 12.6 Å². The van der Waals surface area contributed by atoms with Crippen molar-refractivity contribution < 1.29 is 22.8 Å². The van der Waals surface area contributed by atoms with Crippen molar-refractivity contribution >= 4 is 23.2 Å². The molecule has 0 spiro atoms. The number of amides is 2. The molecule has 1 aromatic heterocycles. The highest BCUT2D eigenvalue weighted by molar-refractivity contribution is 7.07. The van der Waals surface area contributed by atoms with Gasteiger partial charge in [0.05, 0.1) is 11.1 Å². The highest BCUT2D eigenvalue weighted by Crippen LogP contribution is 2.30. The van der Waals surface area contributed by atoms with E-state index >= 15 is 0 Å². The lowest BCUT2D eigenvalue weighted by Crippen LogP contribution is -2.64. The Morgan fingerprint density at radius 2 is 1.68 bits per heavy atom. The van der Waals surface area contributed by atoms with E-state index in [1.165, 1.54) is 23.5 Å². The van der Waals surface area contributed by atoms with E-state index in [0.29, 0.717) is 43.9 Å². The van der Waals surface area contributed by atoms with E-state index in [4.69, 9.17) is 0 Å². The molecule has 0 unspecified atom stereocenters. The number of alkyl halides is 3. The molecular formula is C27H27F3N4O2S. The van der Waals surface area contributed by atoms with Crippen LogP contribution in [0.4, 0.5) is 13.2 Å². The molecule has 5 rings (SSSR count). The maximum atomic E-state index is 13.2. The van der Waals surface area contributed by atoms with Gasteiger partial charge in [0.1, 0.15) is 5.69 Å². The maximum absolute atomic E-state index is 13.2. The average Bonchev–Trinajstić information content (AvgIpc) is 3.39. The van der Waals surface area contributed by atoms with Crippen molar-refractivity contribution in [2.45, 2.75) is 25.6 Å². The first-order chi connectivity index (χ1) is 17.7. The number of hydrogen-bond donors (Lipinski definition) is 0. The Morgan fingerprint density at radius 3 is 2.30 bits per heavy atom. The van der Waals surface area contributed by atoms with Gasteiger partial charge >= 0.3 is 6.18 Å². The van der Waals surface area contributed by atoms with Crippen LogP contribution in [0.2, 0.25) is 0 Å². The van der Waals surface area contributed by atoms with E-state index in [9.17, 15) is 22.8 Å². The zero-order valence-corrected chi connectivity index (χ0v) is 21.2. The zero-order valence-electron chi connectivity index (χ0n) is 20.4. The molecule has 0 radical (unpaired) electrons. The predicted molar refractivity (Wildman–Crippen MR) is 135 cm³/mol. The zero-order chi connectivity index (χ0) is 26.2. The molecule has 37 heavy (non-hydrogen) atoms. The van der Waals surface area contributed by atoms with E-state index in [1.807, 2.05) is 34.9 Å². The van der Waals surface area contributed by atoms with Gasteiger partial charge in [0.15, 0.2) is 0 Å². The largest absolute Gasteiger partial charge is 0.416 e. The van der Waals surface area contributed by atoms with E-state index in [0.717, 1.165) is 41.9 Å². The molecular weight excluding hydrogens is 501 g/mol. The standard InChI is InChI=1S/C27H27F3N4O2S/c1-18-20(13-19-5-7-21(8-6-19)27(28,29)30)3-2-4-23(18)25(35)34-14-22(15-34)32-9-11-33(12-10-32)26(36)24-16-37-17-31-24/h2-8,16-17,22H,9-15H2,1H3. The molecule has 2 amide bonds. The number of thiazole rings is 1. The van der Waals surface area contributed by atoms with Crippen LogP contribution in [0.25, 0.3) is 0 Å². The fourth-order valence-electron chi connectivity index (χ4n) is 4.93. The van der Waals surface area contributed by atoms with Crippen molar-refractivity contribution in [1.29, 1.82) is 0 Å². The van der Waals surface area contributed by atoms with Gasteiger partial charge in [-0.25, -0.2) is 4.98 Å². The number of hydrogen-bond acceptors (Lipinski definition) is 5. The number of nitrogens with zero attached hydrogens (tertiary/aromatic N) is 4. The van der Waals surface area contributed by atoms with Crippen LogP contribution in [0.5, 0.6) is 0 Å². The van der Waals surface area contributed by atoms with Crippen LogP contribution >= 0.6 is 11.3 Å². The molecule has 10 heteroatoms. The minimum atomic E-state index is -4.36. The van der Waals surface area contributed by atoms with Crippen molar-refractivity contribution in [3.63, 3.8) is 0 Å². The van der Waals surface area contributed by atoms with E-state index in [-0.39, 0.29) is 17.9 Å². The molecule has 0 N–H and O–H groups in total. The fourth-order valence-corrected chi connectivity index (χ4v) is 5.46. The normalized spacial score (nSPS) is 17.1. The van der Waals surface area contributed by atoms with Crippen LogP contribution in [0.3, 0.4) is 0 Å². The Kier molecular flexibility index (Phi) is 7.04. The number of carbonyl (C=O) groups is 2. The van der Waals surface area contributed by atoms with Crippen molar-refractivity contribution in [2.24, 2.45) is 0 Å². The number of benzene rings is 2. The van der Waals surface area contributed by atoms with Gasteiger partial charge in [0.2, 0.25) is 0 Å². The Morgan fingerprint density at radius 1 is 0.973 bits per heavy atom. The summed E-state index contributed by atoms with van der Waals surface area (Å²) in [7, 11) is 0. The second kappa shape index (κ2) is 10.3. The third-order valence-electron chi connectivity index (χ3n) is 7.27. The summed E-state index contributed by atoms with van der Waals surface area (Å²) in [6, 6.07) is 11.0. The van der Waals surface area contributed by atoms with Gasteiger partial charge < -0.3 is 9.80 Å². The quantitative estimate of drug-likeness (QED) is 0.495. The van der Waals surface area contributed by atoms with Crippen molar-refractivity contribution in [3.8, 4) is 0 Å². The Labute approximate surface area is 217 Å². The minimum absolute atomic E-state index is 0.0274. The first-order valence-electron chi connectivity index (χ1n) is 12.2. The predicted octanol–water partition coefficient (Wildman–Crippen LogP) is 4.34. The maximum Gasteiger partial charge on any atom is 0.416 e. The van der Waals surface area contributed by atoms with E-state index in [1.54, 1.807) is 10.9 Å². The summed E-state index contributed by atoms with van der Waals surface area (Å²) < 4.78 is 38.6. The van der Waals surface area contributed by atoms with Gasteiger partial charge in [-0.2, -0.15) is 13.2 Å². The number of halogens is 3. The summed E-state index contributed by atoms with van der Waals surface area (Å²) in [6.07, 6.45) is -3.90. The van der Waals surface area contributed by atoms with E-state index in [2.05, 4.69) is 9.88 Å². The fraction of sp³-hybridized carbons (Fsp3) is 0.370. The Bertz CT molecular complexity index is 1260. The summed E-state index contributed by atoms with van der Waals surface area (Å²) in [4.78, 5) is 35.8. The summed E-state index contributed by atoms with van der Waals surface area (Å²) in [5.41, 5.74) is 4.65. The molecule has 2 aliphatic heterocycles. The lowest BCUT2D eigenvalue weighted by molar-refractivity contribution is -0.137. The SMILES string of the molecule is Cc1c(Cc2ccc(C(F)(F)F)cc2)cccc1C(=O)N1CC(N2CCN(C(=O)c3cscn3)CC2)C1. The summed E-state index contributed by atoms with van der Waals surface area (Å²) in [5.74, 6) is -0.0571. The summed E-state index contributed by atoms with van der Waals surface area (Å²) in [6.45, 7) is 6.00. The highest BCUT2D eigenvalue weighted by atomic mass is 32.1. The molecule has 194 valence electrons. The second-order valence-corrected chi connectivity index (χ2v) is 10.2. The lowest BCUT2D eigenvalue weighted by atomic mass is 9.94. The molecule has 2 aromatic carbocycles. The van der Waals surface area contributed by atoms with Crippen LogP contribution in [0.15, 0.2) is 53.4 Å². The average molecular weight is 529 g/mol. The van der Waals surface area contributed by atoms with Gasteiger partial charge in [-0.3, -0.25) is 14.5 Å². The molecule has 6 nitrogen and oxygen atoms in total. The number of likely N-dealkylation sites (tertiary alicyclic amines) is 1. The number of carbonyl (C=O) groups excluding carboxylic acids is 2. The van der Waals surface area contributed by atoms with Gasteiger partial charge in [0.25, 0.3) is 11.8 Å². The van der Waals surface area contributed by atoms with Crippen molar-refractivity contribution in [1.82, 2.24) is 19.7 Å². The topological polar surface area (TPSA) is 56.8 Å². The lowest BCUT2D eigenvalue weighted by Gasteiger charge is -2.48. The molecule has 0 saturated carbocycles.